The van der Waals surface area contributed by atoms with Crippen LogP contribution in [0.15, 0.2) is 61.1 Å². The van der Waals surface area contributed by atoms with Gasteiger partial charge in [0.15, 0.2) is 5.78 Å². The second kappa shape index (κ2) is 12.4. The molecule has 0 radical (unpaired) electrons. The number of benzene rings is 1. The molecule has 0 amide bonds. The highest BCUT2D eigenvalue weighted by Crippen LogP contribution is 2.29. The molecule has 4 heterocycles. The summed E-state index contributed by atoms with van der Waals surface area (Å²) in [6.07, 6.45) is 1.98. The molecule has 8 nitrogen and oxygen atoms in total. The molecule has 0 unspecified atom stereocenters. The lowest BCUT2D eigenvalue weighted by Gasteiger charge is -2.40. The third kappa shape index (κ3) is 6.51. The van der Waals surface area contributed by atoms with Crippen LogP contribution in [0.2, 0.25) is 0 Å². The maximum absolute atomic E-state index is 13.1. The van der Waals surface area contributed by atoms with Crippen molar-refractivity contribution in [3.8, 4) is 16.9 Å². The largest absolute Gasteiger partial charge is 0.416 e. The number of pyridine rings is 2. The van der Waals surface area contributed by atoms with E-state index in [1.54, 1.807) is 10.7 Å². The topological polar surface area (TPSA) is 80.0 Å². The lowest BCUT2D eigenvalue weighted by molar-refractivity contribution is -0.137. The first-order chi connectivity index (χ1) is 20.2. The van der Waals surface area contributed by atoms with Crippen molar-refractivity contribution >= 4 is 11.5 Å². The molecule has 1 aromatic carbocycles. The van der Waals surface area contributed by atoms with E-state index in [2.05, 4.69) is 56.1 Å². The molecule has 0 saturated carbocycles. The number of alkyl halides is 3. The predicted molar refractivity (Wildman–Crippen MR) is 155 cm³/mol. The highest BCUT2D eigenvalue weighted by Gasteiger charge is 2.31. The Morgan fingerprint density at radius 2 is 1.76 bits per heavy atom. The summed E-state index contributed by atoms with van der Waals surface area (Å²) in [6, 6.07) is 12.3. The number of aryl methyl sites for hydroxylation is 1. The minimum absolute atomic E-state index is 0.150. The van der Waals surface area contributed by atoms with Crippen LogP contribution in [0.25, 0.3) is 16.9 Å². The number of nitrogens with zero attached hydrogens (tertiary/aromatic N) is 7. The van der Waals surface area contributed by atoms with Gasteiger partial charge >= 0.3 is 6.18 Å². The Bertz CT molecular complexity index is 1540. The van der Waals surface area contributed by atoms with Crippen LogP contribution in [-0.2, 0) is 12.6 Å². The molecule has 5 rings (SSSR count). The number of aromatic nitrogens is 5. The second-order valence-corrected chi connectivity index (χ2v) is 10.6. The van der Waals surface area contributed by atoms with Crippen molar-refractivity contribution in [2.75, 3.05) is 31.1 Å². The zero-order chi connectivity index (χ0) is 29.9. The Hall–Kier alpha value is -4.12. The summed E-state index contributed by atoms with van der Waals surface area (Å²) in [4.78, 5) is 26.0. The highest BCUT2D eigenvalue weighted by atomic mass is 19.4. The van der Waals surface area contributed by atoms with Gasteiger partial charge in [0.2, 0.25) is 0 Å². The first-order valence-corrected chi connectivity index (χ1v) is 14.2. The van der Waals surface area contributed by atoms with Crippen LogP contribution < -0.4 is 4.90 Å². The number of hydrogen-bond acceptors (Lipinski definition) is 7. The Morgan fingerprint density at radius 1 is 1.00 bits per heavy atom. The maximum atomic E-state index is 13.1. The fraction of sp³-hybridized carbons (Fsp3) is 0.387. The molecule has 1 aliphatic rings. The Morgan fingerprint density at radius 3 is 2.48 bits per heavy atom. The number of hydrogen-bond donors (Lipinski definition) is 0. The number of halogens is 3. The summed E-state index contributed by atoms with van der Waals surface area (Å²) in [7, 11) is 0. The third-order valence-corrected chi connectivity index (χ3v) is 7.87. The number of anilines is 1. The molecule has 4 aromatic rings. The smallest absolute Gasteiger partial charge is 0.369 e. The van der Waals surface area contributed by atoms with Crippen molar-refractivity contribution in [2.45, 2.75) is 52.3 Å². The van der Waals surface area contributed by atoms with Gasteiger partial charge in [-0.25, -0.2) is 4.68 Å². The standard InChI is InChI=1S/C31H34F3N7O/c1-4-25(5-2)39-11-13-40(14-12-39)26-8-6-7-23(17-26)28-20-41(38-37-28)29-15-22(19-36-21(29)3)16-30(42)27-18-24(9-10-35-27)31(32,33)34/h6-10,15,17-20,25H,4-5,11-14,16H2,1-3H3. The minimum atomic E-state index is -4.55. The number of rotatable bonds is 9. The maximum Gasteiger partial charge on any atom is 0.416 e. The lowest BCUT2D eigenvalue weighted by atomic mass is 10.1. The minimum Gasteiger partial charge on any atom is -0.369 e. The van der Waals surface area contributed by atoms with E-state index in [1.165, 1.54) is 19.0 Å². The van der Waals surface area contributed by atoms with E-state index >= 15 is 0 Å². The average molecular weight is 578 g/mol. The van der Waals surface area contributed by atoms with E-state index in [1.807, 2.05) is 25.3 Å². The van der Waals surface area contributed by atoms with E-state index in [9.17, 15) is 18.0 Å². The summed E-state index contributed by atoms with van der Waals surface area (Å²) in [6.45, 7) is 10.4. The van der Waals surface area contributed by atoms with Gasteiger partial charge in [0.05, 0.1) is 23.1 Å². The molecule has 0 N–H and O–H groups in total. The normalized spacial score (nSPS) is 14.5. The molecule has 42 heavy (non-hydrogen) atoms. The quantitative estimate of drug-likeness (QED) is 0.233. The van der Waals surface area contributed by atoms with Gasteiger partial charge in [-0.1, -0.05) is 31.2 Å². The van der Waals surface area contributed by atoms with E-state index in [-0.39, 0.29) is 12.1 Å². The summed E-state index contributed by atoms with van der Waals surface area (Å²) in [5, 5.41) is 8.71. The molecule has 11 heteroatoms. The Kier molecular flexibility index (Phi) is 8.67. The van der Waals surface area contributed by atoms with Gasteiger partial charge in [0.25, 0.3) is 0 Å². The zero-order valence-electron chi connectivity index (χ0n) is 24.0. The molecular formula is C31H34F3N7O. The van der Waals surface area contributed by atoms with Crippen LogP contribution in [0.1, 0.15) is 54.0 Å². The van der Waals surface area contributed by atoms with E-state index in [0.29, 0.717) is 28.7 Å². The summed E-state index contributed by atoms with van der Waals surface area (Å²) in [5.41, 5.74) is 3.46. The molecule has 1 fully saturated rings. The molecule has 0 aliphatic carbocycles. The number of Topliss-reactive ketones (excluding diaryl/α,β-unsaturated/α-hetero) is 1. The Balaban J connectivity index is 1.31. The van der Waals surface area contributed by atoms with Gasteiger partial charge in [-0.05, 0) is 55.7 Å². The van der Waals surface area contributed by atoms with Gasteiger partial charge < -0.3 is 4.90 Å². The third-order valence-electron chi connectivity index (χ3n) is 7.87. The van der Waals surface area contributed by atoms with E-state index in [4.69, 9.17) is 0 Å². The molecule has 0 bridgehead atoms. The molecule has 0 spiro atoms. The van der Waals surface area contributed by atoms with Gasteiger partial charge in [-0.15, -0.1) is 5.10 Å². The molecule has 1 aliphatic heterocycles. The van der Waals surface area contributed by atoms with E-state index < -0.39 is 17.5 Å². The van der Waals surface area contributed by atoms with Crippen molar-refractivity contribution < 1.29 is 18.0 Å². The second-order valence-electron chi connectivity index (χ2n) is 10.6. The van der Waals surface area contributed by atoms with Gasteiger partial charge in [-0.3, -0.25) is 19.7 Å². The molecule has 3 aromatic heterocycles. The first-order valence-electron chi connectivity index (χ1n) is 14.2. The predicted octanol–water partition coefficient (Wildman–Crippen LogP) is 5.79. The van der Waals surface area contributed by atoms with Crippen LogP contribution in [-0.4, -0.2) is 67.9 Å². The molecule has 1 saturated heterocycles. The highest BCUT2D eigenvalue weighted by molar-refractivity contribution is 5.95. The van der Waals surface area contributed by atoms with Crippen molar-refractivity contribution in [2.24, 2.45) is 0 Å². The van der Waals surface area contributed by atoms with Gasteiger partial charge in [0, 0.05) is 62.3 Å². The van der Waals surface area contributed by atoms with Crippen molar-refractivity contribution in [3.05, 3.63) is 83.6 Å². The summed E-state index contributed by atoms with van der Waals surface area (Å²) < 4.78 is 40.8. The molecular weight excluding hydrogens is 543 g/mol. The summed E-state index contributed by atoms with van der Waals surface area (Å²) >= 11 is 0. The van der Waals surface area contributed by atoms with Crippen LogP contribution in [0.5, 0.6) is 0 Å². The van der Waals surface area contributed by atoms with Crippen LogP contribution in [0.3, 0.4) is 0 Å². The van der Waals surface area contributed by atoms with Crippen LogP contribution in [0.4, 0.5) is 18.9 Å². The van der Waals surface area contributed by atoms with Gasteiger partial charge in [-0.2, -0.15) is 13.2 Å². The first kappa shape index (κ1) is 29.4. The van der Waals surface area contributed by atoms with Crippen LogP contribution >= 0.6 is 0 Å². The lowest BCUT2D eigenvalue weighted by Crippen LogP contribution is -2.50. The average Bonchev–Trinajstić information content (AvgIpc) is 3.49. The number of carbonyl (C=O) groups excluding carboxylic acids is 1. The number of piperazine rings is 1. The Labute approximate surface area is 243 Å². The fourth-order valence-corrected chi connectivity index (χ4v) is 5.45. The molecule has 220 valence electrons. The SMILES string of the molecule is CCC(CC)N1CCN(c2cccc(-c3cn(-c4cc(CC(=O)c5cc(C(F)(F)F)ccn5)cnc4C)nn3)c2)CC1. The fourth-order valence-electron chi connectivity index (χ4n) is 5.45. The number of carbonyl (C=O) groups is 1. The number of ketones is 1. The monoisotopic (exact) mass is 577 g/mol. The summed E-state index contributed by atoms with van der Waals surface area (Å²) in [5.74, 6) is -0.533. The van der Waals surface area contributed by atoms with E-state index in [0.717, 1.165) is 55.8 Å². The molecule has 0 atom stereocenters. The van der Waals surface area contributed by atoms with Gasteiger partial charge in [0.1, 0.15) is 11.4 Å². The van der Waals surface area contributed by atoms with Crippen molar-refractivity contribution in [3.63, 3.8) is 0 Å². The van der Waals surface area contributed by atoms with Crippen molar-refractivity contribution in [1.29, 1.82) is 0 Å². The zero-order valence-corrected chi connectivity index (χ0v) is 24.0. The van der Waals surface area contributed by atoms with Crippen LogP contribution in [0, 0.1) is 6.92 Å². The van der Waals surface area contributed by atoms with Crippen molar-refractivity contribution in [1.82, 2.24) is 29.9 Å².